The molecule has 2 amide bonds. The van der Waals surface area contributed by atoms with Gasteiger partial charge in [0.2, 0.25) is 11.8 Å². The number of benzene rings is 1. The Morgan fingerprint density at radius 2 is 1.94 bits per heavy atom. The number of carbonyl (C=O) groups is 3. The summed E-state index contributed by atoms with van der Waals surface area (Å²) in [5.74, 6) is -2.85. The van der Waals surface area contributed by atoms with Gasteiger partial charge in [0.05, 0.1) is 24.7 Å². The number of fused-ring (bicyclic) bond motifs is 2. The Hall–Kier alpha value is -2.97. The van der Waals surface area contributed by atoms with Crippen molar-refractivity contribution >= 4 is 17.8 Å². The number of esters is 1. The second-order valence-electron chi connectivity index (χ2n) is 8.78. The number of rotatable bonds is 4. The molecule has 4 heterocycles. The molecule has 8 heteroatoms. The van der Waals surface area contributed by atoms with Gasteiger partial charge in [-0.05, 0) is 18.6 Å². The smallest absolute Gasteiger partial charge is 0.313 e. The van der Waals surface area contributed by atoms with Crippen molar-refractivity contribution in [2.45, 2.75) is 37.3 Å². The molecule has 0 bridgehead atoms. The highest BCUT2D eigenvalue weighted by atomic mass is 16.6. The number of hydrogen-bond donors (Lipinski definition) is 1. The van der Waals surface area contributed by atoms with Crippen molar-refractivity contribution in [3.8, 4) is 0 Å². The number of aliphatic hydroxyl groups excluding tert-OH is 1. The van der Waals surface area contributed by atoms with Gasteiger partial charge in [-0.3, -0.25) is 14.4 Å². The zero-order valence-corrected chi connectivity index (χ0v) is 17.8. The fraction of sp³-hybridized carbons (Fsp3) is 0.458. The summed E-state index contributed by atoms with van der Waals surface area (Å²) in [4.78, 5) is 43.5. The summed E-state index contributed by atoms with van der Waals surface area (Å²) in [5, 5.41) is 9.87. The van der Waals surface area contributed by atoms with Gasteiger partial charge in [0.1, 0.15) is 24.2 Å². The number of ether oxygens (including phenoxy) is 2. The highest BCUT2D eigenvalue weighted by molar-refractivity contribution is 5.99. The maximum atomic E-state index is 13.9. The lowest BCUT2D eigenvalue weighted by molar-refractivity contribution is -0.154. The van der Waals surface area contributed by atoms with E-state index in [1.54, 1.807) is 30.1 Å². The van der Waals surface area contributed by atoms with Crippen molar-refractivity contribution in [2.75, 3.05) is 19.8 Å². The fourth-order valence-electron chi connectivity index (χ4n) is 5.46. The molecule has 1 aromatic rings. The predicted molar refractivity (Wildman–Crippen MR) is 113 cm³/mol. The summed E-state index contributed by atoms with van der Waals surface area (Å²) in [5.41, 5.74) is -0.323. The molecular formula is C24H26N2O6. The average Bonchev–Trinajstić information content (AvgIpc) is 3.11. The van der Waals surface area contributed by atoms with Crippen molar-refractivity contribution in [3.63, 3.8) is 0 Å². The number of amides is 2. The first-order valence-electron chi connectivity index (χ1n) is 10.9. The van der Waals surface area contributed by atoms with E-state index in [0.717, 1.165) is 5.56 Å². The molecule has 2 fully saturated rings. The second kappa shape index (κ2) is 7.86. The van der Waals surface area contributed by atoms with Gasteiger partial charge in [0.25, 0.3) is 0 Å². The van der Waals surface area contributed by atoms with E-state index in [-0.39, 0.29) is 25.0 Å². The highest BCUT2D eigenvalue weighted by Gasteiger charge is 2.72. The van der Waals surface area contributed by atoms with Crippen LogP contribution in [0.25, 0.3) is 0 Å². The lowest BCUT2D eigenvalue weighted by atomic mass is 9.78. The van der Waals surface area contributed by atoms with E-state index in [1.165, 1.54) is 4.90 Å². The first kappa shape index (κ1) is 20.9. The molecule has 0 saturated carbocycles. The summed E-state index contributed by atoms with van der Waals surface area (Å²) in [6, 6.07) is 8.04. The Balaban J connectivity index is 1.58. The van der Waals surface area contributed by atoms with Crippen LogP contribution in [0.3, 0.4) is 0 Å². The van der Waals surface area contributed by atoms with Crippen molar-refractivity contribution in [1.29, 1.82) is 0 Å². The summed E-state index contributed by atoms with van der Waals surface area (Å²) in [6.45, 7) is 2.25. The Labute approximate surface area is 186 Å². The number of cyclic esters (lactones) is 1. The molecule has 4 aliphatic rings. The molecule has 0 aliphatic carbocycles. The van der Waals surface area contributed by atoms with Crippen molar-refractivity contribution < 1.29 is 29.0 Å². The minimum absolute atomic E-state index is 0.128. The summed E-state index contributed by atoms with van der Waals surface area (Å²) < 4.78 is 11.7. The summed E-state index contributed by atoms with van der Waals surface area (Å²) in [7, 11) is 0. The fourth-order valence-corrected chi connectivity index (χ4v) is 5.46. The van der Waals surface area contributed by atoms with Crippen molar-refractivity contribution in [1.82, 2.24) is 9.80 Å². The van der Waals surface area contributed by atoms with E-state index in [1.807, 2.05) is 36.4 Å². The van der Waals surface area contributed by atoms with Crippen LogP contribution in [0.1, 0.15) is 12.5 Å². The number of carbonyl (C=O) groups excluding carboxylic acids is 3. The monoisotopic (exact) mass is 438 g/mol. The van der Waals surface area contributed by atoms with Crippen LogP contribution in [-0.4, -0.2) is 76.2 Å². The first-order valence-corrected chi connectivity index (χ1v) is 10.9. The molecule has 1 spiro atoms. The maximum absolute atomic E-state index is 13.9. The number of nitrogens with zero attached hydrogens (tertiary/aromatic N) is 2. The molecule has 6 atom stereocenters. The molecule has 0 aromatic heterocycles. The number of aliphatic hydroxyl groups is 1. The van der Waals surface area contributed by atoms with Crippen LogP contribution < -0.4 is 0 Å². The lowest BCUT2D eigenvalue weighted by Gasteiger charge is -2.37. The summed E-state index contributed by atoms with van der Waals surface area (Å²) in [6.07, 6.45) is 6.43. The molecule has 1 aromatic carbocycles. The zero-order valence-electron chi connectivity index (χ0n) is 17.8. The molecular weight excluding hydrogens is 412 g/mol. The SMILES string of the molecule is CC(CO)N1C(=O)[C@@H]2[C@H]3C(=O)OCC=C[C@H]3OC23C=CCN(Cc2ccccc2)C(=O)[C@@H]13. The van der Waals surface area contributed by atoms with Crippen LogP contribution in [0.4, 0.5) is 0 Å². The van der Waals surface area contributed by atoms with Gasteiger partial charge in [-0.2, -0.15) is 0 Å². The van der Waals surface area contributed by atoms with Crippen LogP contribution >= 0.6 is 0 Å². The van der Waals surface area contributed by atoms with Crippen LogP contribution in [0, 0.1) is 11.8 Å². The normalized spacial score (nSPS) is 34.5. The van der Waals surface area contributed by atoms with E-state index < -0.39 is 41.6 Å². The molecule has 8 nitrogen and oxygen atoms in total. The summed E-state index contributed by atoms with van der Waals surface area (Å²) >= 11 is 0. The van der Waals surface area contributed by atoms with Crippen LogP contribution in [0.2, 0.25) is 0 Å². The van der Waals surface area contributed by atoms with E-state index in [2.05, 4.69) is 0 Å². The Bertz CT molecular complexity index is 991. The largest absolute Gasteiger partial charge is 0.461 e. The molecule has 2 saturated heterocycles. The van der Waals surface area contributed by atoms with Gasteiger partial charge in [-0.15, -0.1) is 0 Å². The van der Waals surface area contributed by atoms with Gasteiger partial charge in [-0.25, -0.2) is 0 Å². The minimum atomic E-state index is -1.29. The molecule has 2 unspecified atom stereocenters. The Morgan fingerprint density at radius 1 is 1.16 bits per heavy atom. The van der Waals surface area contributed by atoms with E-state index in [4.69, 9.17) is 9.47 Å². The zero-order chi connectivity index (χ0) is 22.5. The van der Waals surface area contributed by atoms with Crippen LogP contribution in [0.15, 0.2) is 54.6 Å². The quantitative estimate of drug-likeness (QED) is 0.548. The molecule has 32 heavy (non-hydrogen) atoms. The van der Waals surface area contributed by atoms with E-state index >= 15 is 0 Å². The third-order valence-electron chi connectivity index (χ3n) is 6.89. The van der Waals surface area contributed by atoms with E-state index in [0.29, 0.717) is 13.1 Å². The average molecular weight is 438 g/mol. The topological polar surface area (TPSA) is 96.4 Å². The van der Waals surface area contributed by atoms with Gasteiger partial charge in [-0.1, -0.05) is 48.6 Å². The van der Waals surface area contributed by atoms with Gasteiger partial charge in [0, 0.05) is 13.1 Å². The molecule has 1 N–H and O–H groups in total. The van der Waals surface area contributed by atoms with Crippen molar-refractivity contribution in [2.24, 2.45) is 11.8 Å². The predicted octanol–water partition coefficient (Wildman–Crippen LogP) is 0.660. The van der Waals surface area contributed by atoms with Crippen LogP contribution in [0.5, 0.6) is 0 Å². The number of likely N-dealkylation sites (tertiary alicyclic amines) is 1. The standard InChI is InChI=1S/C24H26N2O6/c1-15(14-27)26-20-22(29)25(13-16-7-3-2-4-8-16)11-6-10-24(20)19(21(26)28)18-17(32-24)9-5-12-31-23(18)30/h2-10,15,17-20,27H,11-14H2,1H3/t15?,17-,18+,19+,20-,24?/m1/s1. The molecule has 5 rings (SSSR count). The lowest BCUT2D eigenvalue weighted by Crippen LogP contribution is -2.57. The maximum Gasteiger partial charge on any atom is 0.313 e. The Kier molecular flexibility index (Phi) is 5.14. The van der Waals surface area contributed by atoms with Crippen molar-refractivity contribution in [3.05, 3.63) is 60.2 Å². The third kappa shape index (κ3) is 3.01. The first-order chi connectivity index (χ1) is 15.5. The minimum Gasteiger partial charge on any atom is -0.461 e. The Morgan fingerprint density at radius 3 is 2.69 bits per heavy atom. The molecule has 4 aliphatic heterocycles. The molecule has 0 radical (unpaired) electrons. The van der Waals surface area contributed by atoms with Gasteiger partial charge >= 0.3 is 5.97 Å². The van der Waals surface area contributed by atoms with Gasteiger partial charge in [0.15, 0.2) is 0 Å². The third-order valence-corrected chi connectivity index (χ3v) is 6.89. The number of hydrogen-bond acceptors (Lipinski definition) is 6. The van der Waals surface area contributed by atoms with E-state index in [9.17, 15) is 19.5 Å². The second-order valence-corrected chi connectivity index (χ2v) is 8.78. The molecule has 168 valence electrons. The highest BCUT2D eigenvalue weighted by Crippen LogP contribution is 2.53. The van der Waals surface area contributed by atoms with Crippen LogP contribution in [-0.2, 0) is 30.4 Å². The van der Waals surface area contributed by atoms with Gasteiger partial charge < -0.3 is 24.4 Å².